The van der Waals surface area contributed by atoms with Crippen molar-refractivity contribution < 1.29 is 0 Å². The molecule has 1 heterocycles. The van der Waals surface area contributed by atoms with E-state index in [0.29, 0.717) is 11.0 Å². The normalized spacial score (nSPS) is 16.1. The van der Waals surface area contributed by atoms with Crippen LogP contribution in [0, 0.1) is 5.53 Å². The monoisotopic (exact) mass is 188 g/mol. The third-order valence-electron chi connectivity index (χ3n) is 1.35. The predicted octanol–water partition coefficient (Wildman–Crippen LogP) is 0.528. The van der Waals surface area contributed by atoms with Crippen LogP contribution in [-0.4, -0.2) is 5.12 Å². The van der Waals surface area contributed by atoms with Gasteiger partial charge in [-0.15, -0.1) is 0 Å². The summed E-state index contributed by atoms with van der Waals surface area (Å²) in [6.07, 6.45) is 1.68. The van der Waals surface area contributed by atoms with Crippen molar-refractivity contribution in [3.8, 4) is 0 Å². The van der Waals surface area contributed by atoms with Gasteiger partial charge in [-0.05, 0) is 18.6 Å². The van der Waals surface area contributed by atoms with Gasteiger partial charge >= 0.3 is 0 Å². The van der Waals surface area contributed by atoms with Crippen LogP contribution in [0.15, 0.2) is 27.8 Å². The fourth-order valence-electron chi connectivity index (χ4n) is 0.699. The topological polar surface area (TPSA) is 89.5 Å². The van der Waals surface area contributed by atoms with E-state index < -0.39 is 0 Å². The van der Waals surface area contributed by atoms with Crippen molar-refractivity contribution in [3.05, 3.63) is 22.6 Å². The fraction of sp³-hybridized carbons (Fsp3) is 0.200. The Morgan fingerprint density at radius 3 is 2.83 bits per heavy atom. The van der Waals surface area contributed by atoms with Gasteiger partial charge < -0.3 is 0 Å². The lowest BCUT2D eigenvalue weighted by molar-refractivity contribution is 0.307. The molecule has 0 aliphatic carbocycles. The molecule has 0 atom stereocenters. The SMILES string of the molecule is CC1=C(Cl)NNC(N(N)N=N)=C1. The van der Waals surface area contributed by atoms with Crippen molar-refractivity contribution in [2.45, 2.75) is 6.92 Å². The number of hydrogen-bond donors (Lipinski definition) is 4. The molecule has 0 saturated carbocycles. The molecule has 1 aliphatic rings. The lowest BCUT2D eigenvalue weighted by atomic mass is 10.3. The summed E-state index contributed by atoms with van der Waals surface area (Å²) in [5, 5.41) is 4.38. The second-order valence-corrected chi connectivity index (χ2v) is 2.60. The van der Waals surface area contributed by atoms with Crippen LogP contribution in [0.3, 0.4) is 0 Å². The number of hydrogen-bond acceptors (Lipinski definition) is 5. The van der Waals surface area contributed by atoms with E-state index in [1.54, 1.807) is 6.08 Å². The van der Waals surface area contributed by atoms with Crippen LogP contribution in [-0.2, 0) is 0 Å². The maximum absolute atomic E-state index is 6.63. The van der Waals surface area contributed by atoms with Gasteiger partial charge in [0.25, 0.3) is 0 Å². The van der Waals surface area contributed by atoms with Crippen molar-refractivity contribution in [1.29, 1.82) is 5.53 Å². The van der Waals surface area contributed by atoms with E-state index in [4.69, 9.17) is 23.0 Å². The van der Waals surface area contributed by atoms with Crippen LogP contribution in [0.2, 0.25) is 0 Å². The first kappa shape index (κ1) is 8.82. The smallest absolute Gasteiger partial charge is 0.160 e. The lowest BCUT2D eigenvalue weighted by Crippen LogP contribution is -2.41. The Morgan fingerprint density at radius 1 is 1.67 bits per heavy atom. The number of rotatable bonds is 2. The molecule has 1 aliphatic heterocycles. The Morgan fingerprint density at radius 2 is 2.33 bits per heavy atom. The summed E-state index contributed by atoms with van der Waals surface area (Å²) >= 11 is 5.70. The molecule has 5 N–H and O–H groups in total. The highest BCUT2D eigenvalue weighted by atomic mass is 35.5. The molecule has 7 heteroatoms. The molecule has 12 heavy (non-hydrogen) atoms. The Hall–Kier alpha value is -1.27. The molecule has 0 aromatic rings. The van der Waals surface area contributed by atoms with Gasteiger partial charge in [-0.2, -0.15) is 10.6 Å². The standard InChI is InChI=1S/C5H9ClN6/c1-3-2-4(12(8)11-7)9-10-5(3)6/h2,7,9-10H,8H2,1H3. The molecule has 0 amide bonds. The summed E-state index contributed by atoms with van der Waals surface area (Å²) in [5.41, 5.74) is 12.8. The van der Waals surface area contributed by atoms with Gasteiger partial charge in [0, 0.05) is 0 Å². The van der Waals surface area contributed by atoms with Crippen LogP contribution < -0.4 is 16.7 Å². The Labute approximate surface area is 74.5 Å². The average Bonchev–Trinajstić information content (AvgIpc) is 2.08. The van der Waals surface area contributed by atoms with Crippen LogP contribution >= 0.6 is 11.6 Å². The summed E-state index contributed by atoms with van der Waals surface area (Å²) < 4.78 is 0. The van der Waals surface area contributed by atoms with Gasteiger partial charge in [-0.25, -0.2) is 5.84 Å². The molecule has 0 unspecified atom stereocenters. The second-order valence-electron chi connectivity index (χ2n) is 2.22. The summed E-state index contributed by atoms with van der Waals surface area (Å²) in [6, 6.07) is 0. The Kier molecular flexibility index (Phi) is 2.51. The van der Waals surface area contributed by atoms with Gasteiger partial charge in [0.05, 0.1) is 0 Å². The minimum absolute atomic E-state index is 0.465. The summed E-state index contributed by atoms with van der Waals surface area (Å²) in [4.78, 5) is 0. The average molecular weight is 189 g/mol. The first-order chi connectivity index (χ1) is 5.65. The fourth-order valence-corrected chi connectivity index (χ4v) is 0.801. The van der Waals surface area contributed by atoms with Crippen molar-refractivity contribution >= 4 is 11.6 Å². The third kappa shape index (κ3) is 1.66. The van der Waals surface area contributed by atoms with E-state index >= 15 is 0 Å². The molecule has 0 aromatic heterocycles. The van der Waals surface area contributed by atoms with E-state index in [0.717, 1.165) is 10.7 Å². The first-order valence-corrected chi connectivity index (χ1v) is 3.55. The highest BCUT2D eigenvalue weighted by molar-refractivity contribution is 6.29. The highest BCUT2D eigenvalue weighted by Gasteiger charge is 2.10. The molecule has 6 nitrogen and oxygen atoms in total. The number of allylic oxidation sites excluding steroid dienone is 2. The molecule has 0 spiro atoms. The second kappa shape index (κ2) is 3.42. The van der Waals surface area contributed by atoms with Crippen LogP contribution in [0.25, 0.3) is 0 Å². The maximum Gasteiger partial charge on any atom is 0.160 e. The zero-order chi connectivity index (χ0) is 9.14. The quantitative estimate of drug-likeness (QED) is 0.220. The van der Waals surface area contributed by atoms with E-state index in [2.05, 4.69) is 16.1 Å². The van der Waals surface area contributed by atoms with Gasteiger partial charge in [0.1, 0.15) is 5.16 Å². The van der Waals surface area contributed by atoms with Crippen LogP contribution in [0.5, 0.6) is 0 Å². The molecular weight excluding hydrogens is 180 g/mol. The van der Waals surface area contributed by atoms with E-state index in [-0.39, 0.29) is 0 Å². The highest BCUT2D eigenvalue weighted by Crippen LogP contribution is 2.12. The van der Waals surface area contributed by atoms with Crippen LogP contribution in [0.4, 0.5) is 0 Å². The Bertz CT molecular complexity index is 257. The number of hydrazine groups is 2. The number of nitrogens with one attached hydrogen (secondary N) is 3. The number of nitrogens with zero attached hydrogens (tertiary/aromatic N) is 2. The minimum Gasteiger partial charge on any atom is -0.289 e. The van der Waals surface area contributed by atoms with E-state index in [1.807, 2.05) is 6.92 Å². The van der Waals surface area contributed by atoms with Gasteiger partial charge in [-0.3, -0.25) is 10.9 Å². The summed E-state index contributed by atoms with van der Waals surface area (Å²) in [7, 11) is 0. The van der Waals surface area contributed by atoms with Gasteiger partial charge in [0.15, 0.2) is 5.82 Å². The first-order valence-electron chi connectivity index (χ1n) is 3.17. The lowest BCUT2D eigenvalue weighted by Gasteiger charge is -2.21. The zero-order valence-electron chi connectivity index (χ0n) is 6.43. The van der Waals surface area contributed by atoms with E-state index in [1.165, 1.54) is 0 Å². The summed E-state index contributed by atoms with van der Waals surface area (Å²) in [5.74, 6) is 5.76. The summed E-state index contributed by atoms with van der Waals surface area (Å²) in [6.45, 7) is 1.81. The van der Waals surface area contributed by atoms with E-state index in [9.17, 15) is 0 Å². The molecule has 0 radical (unpaired) electrons. The minimum atomic E-state index is 0.465. The van der Waals surface area contributed by atoms with Crippen molar-refractivity contribution in [2.75, 3.05) is 0 Å². The Balaban J connectivity index is 2.82. The molecule has 1 rings (SSSR count). The largest absolute Gasteiger partial charge is 0.289 e. The molecular formula is C5H9ClN6. The van der Waals surface area contributed by atoms with Crippen molar-refractivity contribution in [2.24, 2.45) is 11.1 Å². The van der Waals surface area contributed by atoms with Crippen molar-refractivity contribution in [3.63, 3.8) is 0 Å². The number of halogens is 1. The maximum atomic E-state index is 6.63. The zero-order valence-corrected chi connectivity index (χ0v) is 7.18. The van der Waals surface area contributed by atoms with Gasteiger partial charge in [-0.1, -0.05) is 16.8 Å². The number of nitrogens with two attached hydrogens (primary N) is 1. The third-order valence-corrected chi connectivity index (χ3v) is 1.75. The predicted molar refractivity (Wildman–Crippen MR) is 44.1 cm³/mol. The molecule has 0 saturated heterocycles. The van der Waals surface area contributed by atoms with Crippen LogP contribution in [0.1, 0.15) is 6.92 Å². The molecule has 66 valence electrons. The molecule has 0 bridgehead atoms. The van der Waals surface area contributed by atoms with Crippen molar-refractivity contribution in [1.82, 2.24) is 16.0 Å². The van der Waals surface area contributed by atoms with Gasteiger partial charge in [0.2, 0.25) is 0 Å². The molecule has 0 fully saturated rings. The molecule has 0 aromatic carbocycles.